The van der Waals surface area contributed by atoms with E-state index in [0.29, 0.717) is 21.8 Å². The number of fused-ring (bicyclic) bond motifs is 1. The minimum atomic E-state index is -4.05. The van der Waals surface area contributed by atoms with Crippen molar-refractivity contribution in [3.05, 3.63) is 111 Å². The first-order valence-electron chi connectivity index (χ1n) is 11.1. The van der Waals surface area contributed by atoms with Crippen LogP contribution in [0.4, 0.5) is 11.4 Å². The van der Waals surface area contributed by atoms with Gasteiger partial charge in [-0.2, -0.15) is 8.75 Å². The average molecular weight is 618 g/mol. The van der Waals surface area contributed by atoms with Crippen LogP contribution in [0.5, 0.6) is 0 Å². The van der Waals surface area contributed by atoms with Crippen LogP contribution in [0, 0.1) is 0 Å². The number of benzene rings is 4. The van der Waals surface area contributed by atoms with Crippen LogP contribution >= 0.6 is 46.5 Å². The van der Waals surface area contributed by atoms with Crippen molar-refractivity contribution in [3.63, 3.8) is 0 Å². The fraction of sp³-hybridized carbons (Fsp3) is 0. The van der Waals surface area contributed by atoms with Crippen LogP contribution in [0.2, 0.25) is 15.1 Å². The molecule has 0 aliphatic carbocycles. The van der Waals surface area contributed by atoms with Gasteiger partial charge in [-0.25, -0.2) is 8.42 Å². The van der Waals surface area contributed by atoms with Crippen LogP contribution in [-0.2, 0) is 10.0 Å². The Balaban J connectivity index is 1.35. The van der Waals surface area contributed by atoms with E-state index in [1.54, 1.807) is 36.4 Å². The fourth-order valence-corrected chi connectivity index (χ4v) is 6.12. The molecule has 0 saturated carbocycles. The molecular weight excluding hydrogens is 603 g/mol. The molecule has 0 saturated heterocycles. The molecule has 196 valence electrons. The Morgan fingerprint density at radius 1 is 0.769 bits per heavy atom. The number of halogens is 3. The maximum Gasteiger partial charge on any atom is 0.264 e. The number of rotatable bonds is 7. The second kappa shape index (κ2) is 10.9. The van der Waals surface area contributed by atoms with Gasteiger partial charge in [0.25, 0.3) is 15.9 Å². The van der Waals surface area contributed by atoms with Gasteiger partial charge in [0.15, 0.2) is 5.78 Å². The van der Waals surface area contributed by atoms with E-state index in [1.165, 1.54) is 42.5 Å². The van der Waals surface area contributed by atoms with Crippen LogP contribution in [0.3, 0.4) is 0 Å². The Morgan fingerprint density at radius 2 is 1.51 bits per heavy atom. The van der Waals surface area contributed by atoms with E-state index < -0.39 is 15.9 Å². The summed E-state index contributed by atoms with van der Waals surface area (Å²) in [6.45, 7) is 0. The van der Waals surface area contributed by atoms with Crippen molar-refractivity contribution in [2.24, 2.45) is 0 Å². The number of aromatic nitrogens is 2. The molecule has 8 nitrogen and oxygen atoms in total. The minimum absolute atomic E-state index is 0.0165. The number of nitrogens with one attached hydrogen (secondary N) is 2. The molecule has 0 aliphatic rings. The molecule has 0 fully saturated rings. The van der Waals surface area contributed by atoms with Gasteiger partial charge < -0.3 is 5.32 Å². The number of ketones is 1. The fourth-order valence-electron chi connectivity index (χ4n) is 3.70. The third-order valence-electron chi connectivity index (χ3n) is 5.58. The van der Waals surface area contributed by atoms with Crippen molar-refractivity contribution in [1.82, 2.24) is 8.75 Å². The zero-order valence-electron chi connectivity index (χ0n) is 19.5. The third-order valence-corrected chi connectivity index (χ3v) is 8.43. The van der Waals surface area contributed by atoms with E-state index in [9.17, 15) is 18.0 Å². The predicted octanol–water partition coefficient (Wildman–Crippen LogP) is 6.94. The normalized spacial score (nSPS) is 11.4. The van der Waals surface area contributed by atoms with Gasteiger partial charge in [-0.05, 0) is 72.8 Å². The smallest absolute Gasteiger partial charge is 0.264 e. The van der Waals surface area contributed by atoms with Crippen molar-refractivity contribution >= 4 is 90.7 Å². The lowest BCUT2D eigenvalue weighted by atomic mass is 10.0. The first-order valence-corrected chi connectivity index (χ1v) is 14.4. The Morgan fingerprint density at radius 3 is 2.26 bits per heavy atom. The predicted molar refractivity (Wildman–Crippen MR) is 154 cm³/mol. The summed E-state index contributed by atoms with van der Waals surface area (Å²) in [6.07, 6.45) is 0. The van der Waals surface area contributed by atoms with Crippen LogP contribution in [0.15, 0.2) is 83.8 Å². The highest BCUT2D eigenvalue weighted by Gasteiger charge is 2.21. The zero-order valence-corrected chi connectivity index (χ0v) is 23.4. The van der Waals surface area contributed by atoms with E-state index in [4.69, 9.17) is 34.8 Å². The van der Waals surface area contributed by atoms with Crippen LogP contribution < -0.4 is 10.0 Å². The van der Waals surface area contributed by atoms with Gasteiger partial charge in [-0.3, -0.25) is 14.3 Å². The molecule has 13 heteroatoms. The standard InChI is InChI=1S/C26H15Cl3N4O4S2/c27-15-6-4-14(5-7-15)25(34)18-10-8-16(13-21(18)29)30-26(35)19-12-17(9-11-20(19)28)33-39(36,37)23-3-1-2-22-24(23)32-38-31-22/h1-13,33H,(H,30,35). The molecule has 0 radical (unpaired) electrons. The molecule has 1 amide bonds. The molecule has 0 bridgehead atoms. The van der Waals surface area contributed by atoms with Crippen molar-refractivity contribution in [2.75, 3.05) is 10.0 Å². The molecule has 1 aromatic heterocycles. The number of carbonyl (C=O) groups excluding carboxylic acids is 2. The monoisotopic (exact) mass is 616 g/mol. The quantitative estimate of drug-likeness (QED) is 0.191. The lowest BCUT2D eigenvalue weighted by Gasteiger charge is -2.12. The summed E-state index contributed by atoms with van der Waals surface area (Å²) in [4.78, 5) is 25.8. The summed E-state index contributed by atoms with van der Waals surface area (Å²) in [5.74, 6) is -0.915. The zero-order chi connectivity index (χ0) is 27.7. The van der Waals surface area contributed by atoms with E-state index in [1.807, 2.05) is 0 Å². The van der Waals surface area contributed by atoms with Crippen molar-refractivity contribution in [2.45, 2.75) is 4.90 Å². The second-order valence-corrected chi connectivity index (χ2v) is 11.6. The lowest BCUT2D eigenvalue weighted by molar-refractivity contribution is 0.102. The second-order valence-electron chi connectivity index (χ2n) is 8.17. The Labute approximate surface area is 241 Å². The summed E-state index contributed by atoms with van der Waals surface area (Å²) in [5, 5.41) is 3.39. The first-order chi connectivity index (χ1) is 18.6. The lowest BCUT2D eigenvalue weighted by Crippen LogP contribution is -2.16. The van der Waals surface area contributed by atoms with E-state index in [-0.39, 0.29) is 43.1 Å². The number of hydrogen-bond donors (Lipinski definition) is 2. The van der Waals surface area contributed by atoms with Gasteiger partial charge in [0, 0.05) is 27.5 Å². The van der Waals surface area contributed by atoms with Gasteiger partial charge in [0.05, 0.1) is 27.3 Å². The Kier molecular flexibility index (Phi) is 7.57. The molecule has 0 spiro atoms. The largest absolute Gasteiger partial charge is 0.322 e. The first kappa shape index (κ1) is 27.0. The highest BCUT2D eigenvalue weighted by Crippen LogP contribution is 2.28. The molecular formula is C26H15Cl3N4O4S2. The van der Waals surface area contributed by atoms with Gasteiger partial charge in [0.1, 0.15) is 15.9 Å². The number of anilines is 2. The summed E-state index contributed by atoms with van der Waals surface area (Å²) in [7, 11) is -4.05. The number of amides is 1. The molecule has 5 aromatic rings. The number of hydrogen-bond acceptors (Lipinski definition) is 7. The minimum Gasteiger partial charge on any atom is -0.322 e. The molecule has 0 atom stereocenters. The molecule has 0 aliphatic heterocycles. The summed E-state index contributed by atoms with van der Waals surface area (Å²) >= 11 is 19.4. The van der Waals surface area contributed by atoms with Crippen LogP contribution in [-0.4, -0.2) is 28.9 Å². The van der Waals surface area contributed by atoms with Gasteiger partial charge in [0.2, 0.25) is 0 Å². The number of carbonyl (C=O) groups is 2. The average Bonchev–Trinajstić information content (AvgIpc) is 3.39. The highest BCUT2D eigenvalue weighted by atomic mass is 35.5. The van der Waals surface area contributed by atoms with Crippen molar-refractivity contribution in [3.8, 4) is 0 Å². The SMILES string of the molecule is O=C(Nc1ccc(C(=O)c2ccc(Cl)cc2)c(Cl)c1)c1cc(NS(=O)(=O)c2cccc3nsnc23)ccc1Cl. The van der Waals surface area contributed by atoms with Gasteiger partial charge in [-0.15, -0.1) is 0 Å². The molecule has 39 heavy (non-hydrogen) atoms. The summed E-state index contributed by atoms with van der Waals surface area (Å²) in [6, 6.07) is 19.6. The van der Waals surface area contributed by atoms with Gasteiger partial charge >= 0.3 is 0 Å². The maximum absolute atomic E-state index is 13.1. The van der Waals surface area contributed by atoms with Crippen molar-refractivity contribution in [1.29, 1.82) is 0 Å². The molecule has 2 N–H and O–H groups in total. The number of nitrogens with zero attached hydrogens (tertiary/aromatic N) is 2. The molecule has 5 rings (SSSR count). The number of sulfonamides is 1. The maximum atomic E-state index is 13.1. The Bertz CT molecular complexity index is 1860. The van der Waals surface area contributed by atoms with Gasteiger partial charge in [-0.1, -0.05) is 40.9 Å². The van der Waals surface area contributed by atoms with Crippen molar-refractivity contribution < 1.29 is 18.0 Å². The third kappa shape index (κ3) is 5.75. The van der Waals surface area contributed by atoms with Crippen LogP contribution in [0.1, 0.15) is 26.3 Å². The van der Waals surface area contributed by atoms with Crippen LogP contribution in [0.25, 0.3) is 11.0 Å². The topological polar surface area (TPSA) is 118 Å². The summed E-state index contributed by atoms with van der Waals surface area (Å²) < 4.78 is 36.7. The van der Waals surface area contributed by atoms with E-state index in [0.717, 1.165) is 11.7 Å². The highest BCUT2D eigenvalue weighted by molar-refractivity contribution is 7.93. The Hall–Kier alpha value is -3.54. The molecule has 1 heterocycles. The molecule has 0 unspecified atom stereocenters. The molecule has 4 aromatic carbocycles. The summed E-state index contributed by atoms with van der Waals surface area (Å²) in [5.41, 5.74) is 1.80. The van der Waals surface area contributed by atoms with E-state index >= 15 is 0 Å². The van der Waals surface area contributed by atoms with E-state index in [2.05, 4.69) is 18.8 Å².